The largest absolute Gasteiger partial charge is 0.497 e. The minimum atomic E-state index is -1.38. The van der Waals surface area contributed by atoms with Crippen LogP contribution in [0.5, 0.6) is 11.5 Å². The van der Waals surface area contributed by atoms with Crippen molar-refractivity contribution >= 4 is 46.3 Å². The average Bonchev–Trinajstić information content (AvgIpc) is 2.65. The number of nitrogens with zero attached hydrogens (tertiary/aromatic N) is 2. The summed E-state index contributed by atoms with van der Waals surface area (Å²) in [5.74, 6) is -0.463. The number of carbonyl (C=O) groups excluding carboxylic acids is 2. The third-order valence-corrected chi connectivity index (χ3v) is 4.37. The zero-order chi connectivity index (χ0) is 20.8. The zero-order valence-electron chi connectivity index (χ0n) is 15.7. The Bertz CT molecular complexity index is 932. The summed E-state index contributed by atoms with van der Waals surface area (Å²) < 4.78 is 10.3. The Kier molecular flexibility index (Phi) is 7.37. The maximum Gasteiger partial charge on any atom is 0.258 e. The zero-order valence-corrected chi connectivity index (χ0v) is 17.3. The molecule has 7 nitrogen and oxygen atoms in total. The Morgan fingerprint density at radius 3 is 2.39 bits per heavy atom. The first-order valence-electron chi connectivity index (χ1n) is 8.16. The topological polar surface area (TPSA) is 89.4 Å². The molecule has 1 N–H and O–H groups in total. The van der Waals surface area contributed by atoms with Gasteiger partial charge in [0.15, 0.2) is 5.78 Å². The van der Waals surface area contributed by atoms with Gasteiger partial charge in [-0.25, -0.2) is 0 Å². The van der Waals surface area contributed by atoms with Gasteiger partial charge in [0.05, 0.1) is 24.3 Å². The van der Waals surface area contributed by atoms with Crippen molar-refractivity contribution in [2.45, 2.75) is 19.9 Å². The van der Waals surface area contributed by atoms with Gasteiger partial charge in [0, 0.05) is 12.1 Å². The van der Waals surface area contributed by atoms with E-state index in [-0.39, 0.29) is 16.5 Å². The van der Waals surface area contributed by atoms with Gasteiger partial charge in [-0.05, 0) is 31.5 Å². The number of amides is 1. The molecule has 0 aliphatic rings. The van der Waals surface area contributed by atoms with Crippen LogP contribution in [0.1, 0.15) is 12.5 Å². The number of ketones is 1. The van der Waals surface area contributed by atoms with Gasteiger partial charge in [-0.15, -0.1) is 0 Å². The summed E-state index contributed by atoms with van der Waals surface area (Å²) in [5, 5.41) is 11.0. The molecular weight excluding hydrogens is 405 g/mol. The summed E-state index contributed by atoms with van der Waals surface area (Å²) >= 11 is 12.3. The minimum absolute atomic E-state index is 0.186. The predicted octanol–water partition coefficient (Wildman–Crippen LogP) is 5.00. The fraction of sp³-hybridized carbons (Fsp3) is 0.263. The number of hydrogen-bond acceptors (Lipinski definition) is 6. The molecule has 0 bridgehead atoms. The van der Waals surface area contributed by atoms with Crippen LogP contribution in [0.4, 0.5) is 11.4 Å². The number of anilines is 1. The second kappa shape index (κ2) is 9.52. The first kappa shape index (κ1) is 21.7. The van der Waals surface area contributed by atoms with Gasteiger partial charge in [0.1, 0.15) is 22.9 Å². The molecular formula is C19H19Cl2N3O4. The fourth-order valence-electron chi connectivity index (χ4n) is 2.29. The second-order valence-electron chi connectivity index (χ2n) is 5.86. The summed E-state index contributed by atoms with van der Waals surface area (Å²) in [7, 11) is 2.90. The molecule has 0 spiro atoms. The molecule has 2 aromatic rings. The average molecular weight is 424 g/mol. The first-order chi connectivity index (χ1) is 13.3. The lowest BCUT2D eigenvalue weighted by molar-refractivity contribution is -0.126. The number of nitrogens with one attached hydrogen (secondary N) is 1. The van der Waals surface area contributed by atoms with E-state index in [1.807, 2.05) is 13.0 Å². The first-order valence-corrected chi connectivity index (χ1v) is 8.92. The predicted molar refractivity (Wildman–Crippen MR) is 108 cm³/mol. The lowest BCUT2D eigenvalue weighted by atomic mass is 10.2. The van der Waals surface area contributed by atoms with E-state index in [1.54, 1.807) is 18.2 Å². The number of azo groups is 1. The third-order valence-electron chi connectivity index (χ3n) is 3.75. The van der Waals surface area contributed by atoms with E-state index in [9.17, 15) is 9.59 Å². The van der Waals surface area contributed by atoms with Crippen molar-refractivity contribution in [1.29, 1.82) is 0 Å². The summed E-state index contributed by atoms with van der Waals surface area (Å²) in [5.41, 5.74) is 1.47. The van der Waals surface area contributed by atoms with Crippen molar-refractivity contribution in [3.63, 3.8) is 0 Å². The van der Waals surface area contributed by atoms with Crippen molar-refractivity contribution in [2.75, 3.05) is 19.5 Å². The number of carbonyl (C=O) groups is 2. The van der Waals surface area contributed by atoms with Crippen molar-refractivity contribution in [3.05, 3.63) is 45.9 Å². The number of ether oxygens (including phenoxy) is 2. The minimum Gasteiger partial charge on any atom is -0.497 e. The molecule has 28 heavy (non-hydrogen) atoms. The smallest absolute Gasteiger partial charge is 0.258 e. The monoisotopic (exact) mass is 423 g/mol. The van der Waals surface area contributed by atoms with E-state index in [0.717, 1.165) is 5.56 Å². The van der Waals surface area contributed by atoms with Crippen LogP contribution in [0.3, 0.4) is 0 Å². The lowest BCUT2D eigenvalue weighted by Gasteiger charge is -2.15. The maximum absolute atomic E-state index is 12.6. The Labute approximate surface area is 172 Å². The van der Waals surface area contributed by atoms with E-state index < -0.39 is 17.7 Å². The third kappa shape index (κ3) is 5.21. The van der Waals surface area contributed by atoms with Gasteiger partial charge < -0.3 is 14.8 Å². The van der Waals surface area contributed by atoms with Crippen molar-refractivity contribution < 1.29 is 19.1 Å². The Morgan fingerprint density at radius 2 is 1.79 bits per heavy atom. The highest BCUT2D eigenvalue weighted by atomic mass is 35.5. The highest BCUT2D eigenvalue weighted by Crippen LogP contribution is 2.37. The van der Waals surface area contributed by atoms with Crippen LogP contribution in [0, 0.1) is 6.92 Å². The van der Waals surface area contributed by atoms with Crippen LogP contribution in [0.15, 0.2) is 40.6 Å². The Balaban J connectivity index is 2.30. The van der Waals surface area contributed by atoms with Crippen LogP contribution < -0.4 is 14.8 Å². The van der Waals surface area contributed by atoms with E-state index in [2.05, 4.69) is 15.5 Å². The molecule has 0 aliphatic heterocycles. The van der Waals surface area contributed by atoms with Gasteiger partial charge >= 0.3 is 0 Å². The normalized spacial score (nSPS) is 11.9. The van der Waals surface area contributed by atoms with Crippen molar-refractivity contribution in [1.82, 2.24) is 0 Å². The molecule has 2 aromatic carbocycles. The molecule has 1 amide bonds. The van der Waals surface area contributed by atoms with Crippen LogP contribution in [0.25, 0.3) is 0 Å². The van der Waals surface area contributed by atoms with Gasteiger partial charge in [-0.2, -0.15) is 10.2 Å². The van der Waals surface area contributed by atoms with Crippen LogP contribution in [-0.4, -0.2) is 32.0 Å². The highest BCUT2D eigenvalue weighted by molar-refractivity contribution is 6.34. The number of rotatable bonds is 7. The quantitative estimate of drug-likeness (QED) is 0.501. The molecule has 0 saturated heterocycles. The Hall–Kier alpha value is -2.64. The number of hydrogen-bond donors (Lipinski definition) is 1. The molecule has 0 aliphatic carbocycles. The molecule has 0 radical (unpaired) electrons. The molecule has 1 atom stereocenters. The number of halogens is 2. The molecule has 148 valence electrons. The number of benzene rings is 2. The van der Waals surface area contributed by atoms with E-state index in [4.69, 9.17) is 32.7 Å². The van der Waals surface area contributed by atoms with Gasteiger partial charge in [-0.3, -0.25) is 9.59 Å². The van der Waals surface area contributed by atoms with E-state index in [1.165, 1.54) is 27.2 Å². The standard InChI is InChI=1S/C19H19Cl2N3O4/c1-10-5-6-13(20)15(7-10)23-24-17(11(2)25)19(26)22-18-14(21)8-12(27-3)9-16(18)28-4/h5-9,17H,1-4H3,(H,22,26). The SMILES string of the molecule is COc1cc(Cl)c(NC(=O)C(N=Nc2cc(C)ccc2Cl)C(C)=O)c(OC)c1. The van der Waals surface area contributed by atoms with Crippen molar-refractivity contribution in [2.24, 2.45) is 10.2 Å². The molecule has 2 rings (SSSR count). The molecule has 1 unspecified atom stereocenters. The molecule has 0 saturated carbocycles. The second-order valence-corrected chi connectivity index (χ2v) is 6.67. The van der Waals surface area contributed by atoms with Gasteiger partial charge in [0.2, 0.25) is 6.04 Å². The summed E-state index contributed by atoms with van der Waals surface area (Å²) in [6, 6.07) is 6.86. The Morgan fingerprint density at radius 1 is 1.07 bits per heavy atom. The number of aryl methyl sites for hydroxylation is 1. The van der Waals surface area contributed by atoms with E-state index in [0.29, 0.717) is 16.5 Å². The van der Waals surface area contributed by atoms with Crippen molar-refractivity contribution in [3.8, 4) is 11.5 Å². The van der Waals surface area contributed by atoms with Crippen LogP contribution in [-0.2, 0) is 9.59 Å². The summed E-state index contributed by atoms with van der Waals surface area (Å²) in [4.78, 5) is 24.6. The molecule has 9 heteroatoms. The number of Topliss-reactive ketones (excluding diaryl/α,β-unsaturated/α-hetero) is 1. The highest BCUT2D eigenvalue weighted by Gasteiger charge is 2.25. The molecule has 0 heterocycles. The fourth-order valence-corrected chi connectivity index (χ4v) is 2.69. The maximum atomic E-state index is 12.6. The van der Waals surface area contributed by atoms with E-state index >= 15 is 0 Å². The van der Waals surface area contributed by atoms with Gasteiger partial charge in [0.25, 0.3) is 5.91 Å². The molecule has 0 aromatic heterocycles. The molecule has 0 fully saturated rings. The van der Waals surface area contributed by atoms with Crippen LogP contribution in [0.2, 0.25) is 10.0 Å². The van der Waals surface area contributed by atoms with Gasteiger partial charge in [-0.1, -0.05) is 29.3 Å². The number of methoxy groups -OCH3 is 2. The van der Waals surface area contributed by atoms with Crippen LogP contribution >= 0.6 is 23.2 Å². The summed E-state index contributed by atoms with van der Waals surface area (Å²) in [6.45, 7) is 3.11. The lowest BCUT2D eigenvalue weighted by Crippen LogP contribution is -2.32. The summed E-state index contributed by atoms with van der Waals surface area (Å²) in [6.07, 6.45) is 0.